The van der Waals surface area contributed by atoms with Crippen LogP contribution < -0.4 is 10.6 Å². The van der Waals surface area contributed by atoms with Crippen molar-refractivity contribution in [1.82, 2.24) is 4.98 Å². The topological polar surface area (TPSA) is 68.5 Å². The van der Waals surface area contributed by atoms with Gasteiger partial charge in [0, 0.05) is 19.3 Å². The molecule has 0 bridgehead atoms. The molecule has 0 amide bonds. The van der Waals surface area contributed by atoms with Crippen molar-refractivity contribution in [2.75, 3.05) is 30.3 Å². The Morgan fingerprint density at radius 1 is 1.29 bits per heavy atom. The Labute approximate surface area is 127 Å². The highest BCUT2D eigenvalue weighted by Gasteiger charge is 2.20. The average Bonchev–Trinajstić information content (AvgIpc) is 2.37. The quantitative estimate of drug-likeness (QED) is 0.783. The molecular weight excluding hydrogens is 266 g/mol. The van der Waals surface area contributed by atoms with Crippen molar-refractivity contribution in [1.29, 1.82) is 0 Å². The van der Waals surface area contributed by atoms with Gasteiger partial charge in [0.1, 0.15) is 0 Å². The zero-order valence-corrected chi connectivity index (χ0v) is 13.7. The minimum absolute atomic E-state index is 0.331. The zero-order valence-electron chi connectivity index (χ0n) is 13.7. The normalized spacial score (nSPS) is 11.0. The summed E-state index contributed by atoms with van der Waals surface area (Å²) in [6.45, 7) is 12.4. The standard InChI is InChI=1S/C16H27N3O2/c1-6-21-16(20)13-7-8-18-15(14(13)17)19(9-11(2)3)10-12(4)5/h7-8,11-12H,6,9-10,17H2,1-5H3. The van der Waals surface area contributed by atoms with Crippen LogP contribution in [0.3, 0.4) is 0 Å². The average molecular weight is 293 g/mol. The fourth-order valence-electron chi connectivity index (χ4n) is 2.23. The van der Waals surface area contributed by atoms with Gasteiger partial charge >= 0.3 is 5.97 Å². The van der Waals surface area contributed by atoms with Crippen LogP contribution in [-0.4, -0.2) is 30.6 Å². The van der Waals surface area contributed by atoms with Crippen molar-refractivity contribution in [2.24, 2.45) is 11.8 Å². The first-order valence-corrected chi connectivity index (χ1v) is 7.53. The molecule has 5 heteroatoms. The Hall–Kier alpha value is -1.78. The molecular formula is C16H27N3O2. The van der Waals surface area contributed by atoms with E-state index >= 15 is 0 Å². The molecule has 5 nitrogen and oxygen atoms in total. The van der Waals surface area contributed by atoms with Gasteiger partial charge in [-0.25, -0.2) is 9.78 Å². The molecule has 2 N–H and O–H groups in total. The number of anilines is 2. The van der Waals surface area contributed by atoms with Crippen molar-refractivity contribution < 1.29 is 9.53 Å². The molecule has 118 valence electrons. The number of carbonyl (C=O) groups excluding carboxylic acids is 1. The maximum absolute atomic E-state index is 11.9. The van der Waals surface area contributed by atoms with Gasteiger partial charge in [-0.3, -0.25) is 0 Å². The van der Waals surface area contributed by atoms with E-state index in [0.29, 0.717) is 35.5 Å². The van der Waals surface area contributed by atoms with Crippen LogP contribution in [0.25, 0.3) is 0 Å². The Kier molecular flexibility index (Phi) is 6.46. The molecule has 0 spiro atoms. The number of hydrogen-bond donors (Lipinski definition) is 1. The summed E-state index contributed by atoms with van der Waals surface area (Å²) >= 11 is 0. The van der Waals surface area contributed by atoms with Gasteiger partial charge in [0.05, 0.1) is 17.9 Å². The van der Waals surface area contributed by atoms with Crippen LogP contribution in [0.5, 0.6) is 0 Å². The summed E-state index contributed by atoms with van der Waals surface area (Å²) in [5.74, 6) is 1.24. The first-order valence-electron chi connectivity index (χ1n) is 7.53. The minimum Gasteiger partial charge on any atom is -0.462 e. The summed E-state index contributed by atoms with van der Waals surface area (Å²) in [5.41, 5.74) is 6.95. The molecule has 0 saturated heterocycles. The fourth-order valence-corrected chi connectivity index (χ4v) is 2.23. The van der Waals surface area contributed by atoms with E-state index in [1.165, 1.54) is 0 Å². The molecule has 1 rings (SSSR count). The van der Waals surface area contributed by atoms with Crippen LogP contribution in [0.1, 0.15) is 45.0 Å². The highest BCUT2D eigenvalue weighted by atomic mass is 16.5. The number of ether oxygens (including phenoxy) is 1. The monoisotopic (exact) mass is 293 g/mol. The number of hydrogen-bond acceptors (Lipinski definition) is 5. The predicted molar refractivity (Wildman–Crippen MR) is 86.5 cm³/mol. The predicted octanol–water partition coefficient (Wildman–Crippen LogP) is 2.96. The van der Waals surface area contributed by atoms with E-state index in [4.69, 9.17) is 10.5 Å². The second kappa shape index (κ2) is 7.86. The van der Waals surface area contributed by atoms with Crippen LogP contribution >= 0.6 is 0 Å². The third kappa shape index (κ3) is 4.92. The molecule has 21 heavy (non-hydrogen) atoms. The Bertz CT molecular complexity index is 463. The van der Waals surface area contributed by atoms with Crippen molar-refractivity contribution in [2.45, 2.75) is 34.6 Å². The van der Waals surface area contributed by atoms with Gasteiger partial charge < -0.3 is 15.4 Å². The van der Waals surface area contributed by atoms with E-state index in [1.54, 1.807) is 19.2 Å². The minimum atomic E-state index is -0.396. The summed E-state index contributed by atoms with van der Waals surface area (Å²) in [6, 6.07) is 1.61. The number of nitrogens with two attached hydrogens (primary N) is 1. The summed E-state index contributed by atoms with van der Waals surface area (Å²) < 4.78 is 5.04. The highest BCUT2D eigenvalue weighted by molar-refractivity contribution is 5.97. The molecule has 0 unspecified atom stereocenters. The maximum Gasteiger partial charge on any atom is 0.340 e. The molecule has 0 aliphatic heterocycles. The van der Waals surface area contributed by atoms with Crippen molar-refractivity contribution >= 4 is 17.5 Å². The lowest BCUT2D eigenvalue weighted by atomic mass is 10.1. The largest absolute Gasteiger partial charge is 0.462 e. The smallest absolute Gasteiger partial charge is 0.340 e. The maximum atomic E-state index is 11.9. The van der Waals surface area contributed by atoms with E-state index in [9.17, 15) is 4.79 Å². The molecule has 0 aliphatic rings. The van der Waals surface area contributed by atoms with Crippen LogP contribution in [0.4, 0.5) is 11.5 Å². The number of pyridine rings is 1. The molecule has 1 aromatic heterocycles. The lowest BCUT2D eigenvalue weighted by Gasteiger charge is -2.28. The van der Waals surface area contributed by atoms with Crippen molar-refractivity contribution in [3.63, 3.8) is 0 Å². The van der Waals surface area contributed by atoms with Crippen molar-refractivity contribution in [3.05, 3.63) is 17.8 Å². The second-order valence-corrected chi connectivity index (χ2v) is 6.01. The number of carbonyl (C=O) groups is 1. The van der Waals surface area contributed by atoms with Crippen LogP contribution in [0.2, 0.25) is 0 Å². The molecule has 0 atom stereocenters. The SMILES string of the molecule is CCOC(=O)c1ccnc(N(CC(C)C)CC(C)C)c1N. The Morgan fingerprint density at radius 3 is 2.33 bits per heavy atom. The van der Waals surface area contributed by atoms with E-state index in [0.717, 1.165) is 13.1 Å². The Morgan fingerprint density at radius 2 is 1.86 bits per heavy atom. The second-order valence-electron chi connectivity index (χ2n) is 6.01. The number of nitrogens with zero attached hydrogens (tertiary/aromatic N) is 2. The summed E-state index contributed by atoms with van der Waals surface area (Å²) in [6.07, 6.45) is 1.62. The van der Waals surface area contributed by atoms with Gasteiger partial charge in [-0.05, 0) is 24.8 Å². The third-order valence-electron chi connectivity index (χ3n) is 2.94. The highest BCUT2D eigenvalue weighted by Crippen LogP contribution is 2.26. The summed E-state index contributed by atoms with van der Waals surface area (Å²) in [7, 11) is 0. The van der Waals surface area contributed by atoms with Gasteiger partial charge in [0.25, 0.3) is 0 Å². The Balaban J connectivity index is 3.13. The summed E-state index contributed by atoms with van der Waals surface area (Å²) in [5, 5.41) is 0. The molecule has 1 heterocycles. The molecule has 0 aromatic carbocycles. The van der Waals surface area contributed by atoms with Gasteiger partial charge in [-0.15, -0.1) is 0 Å². The van der Waals surface area contributed by atoms with Gasteiger partial charge in [0.2, 0.25) is 0 Å². The molecule has 1 aromatic rings. The first kappa shape index (κ1) is 17.3. The van der Waals surface area contributed by atoms with Crippen molar-refractivity contribution in [3.8, 4) is 0 Å². The first-order chi connectivity index (χ1) is 9.86. The zero-order chi connectivity index (χ0) is 16.0. The van der Waals surface area contributed by atoms with Gasteiger partial charge in [-0.1, -0.05) is 27.7 Å². The van der Waals surface area contributed by atoms with E-state index < -0.39 is 5.97 Å². The molecule has 0 saturated carbocycles. The van der Waals surface area contributed by atoms with Gasteiger partial charge in [0.15, 0.2) is 5.82 Å². The fraction of sp³-hybridized carbons (Fsp3) is 0.625. The number of esters is 1. The lowest BCUT2D eigenvalue weighted by Crippen LogP contribution is -2.33. The lowest BCUT2D eigenvalue weighted by molar-refractivity contribution is 0.0527. The van der Waals surface area contributed by atoms with Crippen LogP contribution in [-0.2, 0) is 4.74 Å². The number of nitrogen functional groups attached to an aromatic ring is 1. The van der Waals surface area contributed by atoms with E-state index in [2.05, 4.69) is 37.6 Å². The molecule has 0 aliphatic carbocycles. The molecule has 0 radical (unpaired) electrons. The van der Waals surface area contributed by atoms with Crippen LogP contribution in [0.15, 0.2) is 12.3 Å². The third-order valence-corrected chi connectivity index (χ3v) is 2.94. The number of aromatic nitrogens is 1. The summed E-state index contributed by atoms with van der Waals surface area (Å²) in [4.78, 5) is 18.5. The van der Waals surface area contributed by atoms with Gasteiger partial charge in [-0.2, -0.15) is 0 Å². The molecule has 0 fully saturated rings. The number of rotatable bonds is 7. The van der Waals surface area contributed by atoms with E-state index in [1.807, 2.05) is 0 Å². The van der Waals surface area contributed by atoms with E-state index in [-0.39, 0.29) is 0 Å². The van der Waals surface area contributed by atoms with Crippen LogP contribution in [0, 0.1) is 11.8 Å².